The molecule has 1 aliphatic rings. The molecule has 1 saturated heterocycles. The summed E-state index contributed by atoms with van der Waals surface area (Å²) >= 11 is 0. The first-order valence-electron chi connectivity index (χ1n) is 10.1. The molecule has 2 aromatic carbocycles. The number of hydrogen-bond donors (Lipinski definition) is 1. The minimum atomic E-state index is -0.591. The number of carbonyl (C=O) groups is 2. The Morgan fingerprint density at radius 3 is 2.43 bits per heavy atom. The molecule has 0 unspecified atom stereocenters. The third kappa shape index (κ3) is 4.61. The number of amides is 2. The summed E-state index contributed by atoms with van der Waals surface area (Å²) in [5.41, 5.74) is 2.82. The molecule has 1 fully saturated rings. The van der Waals surface area contributed by atoms with Gasteiger partial charge in [-0.15, -0.1) is 0 Å². The van der Waals surface area contributed by atoms with Crippen LogP contribution in [-0.4, -0.2) is 36.3 Å². The lowest BCUT2D eigenvalue weighted by Gasteiger charge is -2.30. The highest BCUT2D eigenvalue weighted by Crippen LogP contribution is 2.29. The summed E-state index contributed by atoms with van der Waals surface area (Å²) in [6, 6.07) is 18.3. The first kappa shape index (κ1) is 20.1. The highest BCUT2D eigenvalue weighted by molar-refractivity contribution is 5.89. The van der Waals surface area contributed by atoms with Crippen molar-refractivity contribution in [3.63, 3.8) is 0 Å². The summed E-state index contributed by atoms with van der Waals surface area (Å²) in [5.74, 6) is 0.0313. The van der Waals surface area contributed by atoms with Gasteiger partial charge in [-0.05, 0) is 44.7 Å². The smallest absolute Gasteiger partial charge is 0.232 e. The van der Waals surface area contributed by atoms with Crippen molar-refractivity contribution < 1.29 is 9.59 Å². The molecule has 0 saturated carbocycles. The minimum absolute atomic E-state index is 0.0550. The molecule has 4 heteroatoms. The maximum atomic E-state index is 13.1. The van der Waals surface area contributed by atoms with Crippen LogP contribution >= 0.6 is 0 Å². The largest absolute Gasteiger partial charge is 0.355 e. The van der Waals surface area contributed by atoms with E-state index in [1.807, 2.05) is 68.1 Å². The van der Waals surface area contributed by atoms with Gasteiger partial charge in [0.05, 0.1) is 11.3 Å². The third-order valence-electron chi connectivity index (χ3n) is 5.71. The monoisotopic (exact) mass is 378 g/mol. The second-order valence-corrected chi connectivity index (χ2v) is 8.25. The number of carbonyl (C=O) groups excluding carboxylic acids is 2. The first-order chi connectivity index (χ1) is 13.4. The summed E-state index contributed by atoms with van der Waals surface area (Å²) in [4.78, 5) is 27.5. The second-order valence-electron chi connectivity index (χ2n) is 8.25. The van der Waals surface area contributed by atoms with Crippen molar-refractivity contribution in [2.75, 3.05) is 19.6 Å². The van der Waals surface area contributed by atoms with Gasteiger partial charge in [0, 0.05) is 19.6 Å². The predicted octanol–water partition coefficient (Wildman–Crippen LogP) is 3.48. The Morgan fingerprint density at radius 2 is 1.75 bits per heavy atom. The van der Waals surface area contributed by atoms with E-state index in [0.717, 1.165) is 18.4 Å². The van der Waals surface area contributed by atoms with E-state index in [1.54, 1.807) is 0 Å². The Bertz CT molecular complexity index is 812. The zero-order chi connectivity index (χ0) is 20.1. The van der Waals surface area contributed by atoms with Gasteiger partial charge < -0.3 is 10.2 Å². The van der Waals surface area contributed by atoms with Crippen molar-refractivity contribution in [2.45, 2.75) is 39.0 Å². The molecule has 4 nitrogen and oxygen atoms in total. The molecule has 3 rings (SSSR count). The van der Waals surface area contributed by atoms with Gasteiger partial charge in [0.15, 0.2) is 0 Å². The fraction of sp³-hybridized carbons (Fsp3) is 0.417. The fourth-order valence-corrected chi connectivity index (χ4v) is 3.77. The number of rotatable bonds is 6. The Balaban J connectivity index is 1.53. The van der Waals surface area contributed by atoms with Crippen molar-refractivity contribution >= 4 is 11.8 Å². The van der Waals surface area contributed by atoms with Gasteiger partial charge in [-0.3, -0.25) is 9.59 Å². The molecule has 28 heavy (non-hydrogen) atoms. The van der Waals surface area contributed by atoms with Gasteiger partial charge in [0.25, 0.3) is 0 Å². The Kier molecular flexibility index (Phi) is 6.18. The summed E-state index contributed by atoms with van der Waals surface area (Å²) in [6.07, 6.45) is 1.55. The fourth-order valence-electron chi connectivity index (χ4n) is 3.77. The van der Waals surface area contributed by atoms with Crippen LogP contribution in [0.5, 0.6) is 0 Å². The van der Waals surface area contributed by atoms with E-state index in [0.29, 0.717) is 19.6 Å². The Labute approximate surface area is 167 Å². The average molecular weight is 379 g/mol. The van der Waals surface area contributed by atoms with Crippen LogP contribution in [-0.2, 0) is 21.4 Å². The molecule has 0 aliphatic carbocycles. The van der Waals surface area contributed by atoms with Crippen LogP contribution in [0.15, 0.2) is 54.6 Å². The topological polar surface area (TPSA) is 49.4 Å². The number of nitrogens with zero attached hydrogens (tertiary/aromatic N) is 1. The van der Waals surface area contributed by atoms with E-state index in [-0.39, 0.29) is 17.7 Å². The summed E-state index contributed by atoms with van der Waals surface area (Å²) in [7, 11) is 0. The van der Waals surface area contributed by atoms with Gasteiger partial charge in [-0.1, -0.05) is 60.2 Å². The van der Waals surface area contributed by atoms with Gasteiger partial charge in [-0.2, -0.15) is 0 Å². The molecular weight excluding hydrogens is 348 g/mol. The molecule has 148 valence electrons. The molecule has 2 amide bonds. The molecular formula is C24H30N2O2. The van der Waals surface area contributed by atoms with Crippen LogP contribution < -0.4 is 5.32 Å². The number of likely N-dealkylation sites (tertiary alicyclic amines) is 1. The molecule has 0 bridgehead atoms. The Hall–Kier alpha value is -2.62. The zero-order valence-electron chi connectivity index (χ0n) is 17.1. The van der Waals surface area contributed by atoms with Gasteiger partial charge in [-0.25, -0.2) is 0 Å². The van der Waals surface area contributed by atoms with Crippen LogP contribution in [0.1, 0.15) is 37.0 Å². The van der Waals surface area contributed by atoms with E-state index < -0.39 is 5.41 Å². The quantitative estimate of drug-likeness (QED) is 0.837. The van der Waals surface area contributed by atoms with Crippen LogP contribution in [0.25, 0.3) is 0 Å². The van der Waals surface area contributed by atoms with E-state index in [4.69, 9.17) is 0 Å². The number of hydrogen-bond acceptors (Lipinski definition) is 2. The van der Waals surface area contributed by atoms with Gasteiger partial charge in [0.1, 0.15) is 0 Å². The van der Waals surface area contributed by atoms with Gasteiger partial charge in [0.2, 0.25) is 11.8 Å². The number of aryl methyl sites for hydroxylation is 1. The number of benzene rings is 2. The van der Waals surface area contributed by atoms with Crippen molar-refractivity contribution in [3.8, 4) is 0 Å². The lowest BCUT2D eigenvalue weighted by Crippen LogP contribution is -2.43. The molecule has 0 spiro atoms. The van der Waals surface area contributed by atoms with Crippen LogP contribution in [0, 0.1) is 12.8 Å². The first-order valence-corrected chi connectivity index (χ1v) is 10.1. The van der Waals surface area contributed by atoms with Crippen LogP contribution in [0.3, 0.4) is 0 Å². The summed E-state index contributed by atoms with van der Waals surface area (Å²) in [5, 5.41) is 3.03. The third-order valence-corrected chi connectivity index (χ3v) is 5.71. The van der Waals surface area contributed by atoms with Crippen LogP contribution in [0.2, 0.25) is 0 Å². The zero-order valence-corrected chi connectivity index (χ0v) is 17.1. The van der Waals surface area contributed by atoms with Crippen molar-refractivity contribution in [3.05, 3.63) is 71.3 Å². The Morgan fingerprint density at radius 1 is 1.07 bits per heavy atom. The summed E-state index contributed by atoms with van der Waals surface area (Å²) in [6.45, 7) is 7.75. The second kappa shape index (κ2) is 8.59. The lowest BCUT2D eigenvalue weighted by molar-refractivity contribution is -0.135. The van der Waals surface area contributed by atoms with Crippen molar-refractivity contribution in [2.24, 2.45) is 5.92 Å². The normalized spacial score (nSPS) is 16.8. The minimum Gasteiger partial charge on any atom is -0.355 e. The van der Waals surface area contributed by atoms with Crippen molar-refractivity contribution in [1.29, 1.82) is 0 Å². The average Bonchev–Trinajstić information content (AvgIpc) is 3.18. The molecule has 1 N–H and O–H groups in total. The highest BCUT2D eigenvalue weighted by atomic mass is 16.2. The molecule has 1 atom stereocenters. The molecule has 2 aromatic rings. The molecule has 0 radical (unpaired) electrons. The lowest BCUT2D eigenvalue weighted by atomic mass is 9.83. The predicted molar refractivity (Wildman–Crippen MR) is 112 cm³/mol. The van der Waals surface area contributed by atoms with E-state index in [9.17, 15) is 9.59 Å². The molecule has 1 heterocycles. The standard InChI is InChI=1S/C24H30N2O2/c1-18-9-11-21(12-10-18)24(2,3)23(28)26-16-14-20(17-26)22(27)25-15-13-19-7-5-4-6-8-19/h4-12,20H,13-17H2,1-3H3,(H,25,27)/t20-/m1/s1. The maximum Gasteiger partial charge on any atom is 0.232 e. The van der Waals surface area contributed by atoms with E-state index in [2.05, 4.69) is 17.4 Å². The van der Waals surface area contributed by atoms with E-state index in [1.165, 1.54) is 11.1 Å². The van der Waals surface area contributed by atoms with E-state index >= 15 is 0 Å². The SMILES string of the molecule is Cc1ccc(C(C)(C)C(=O)N2CC[C@@H](C(=O)NCCc3ccccc3)C2)cc1. The summed E-state index contributed by atoms with van der Waals surface area (Å²) < 4.78 is 0. The highest BCUT2D eigenvalue weighted by Gasteiger charge is 2.38. The molecule has 0 aromatic heterocycles. The maximum absolute atomic E-state index is 13.1. The van der Waals surface area contributed by atoms with Crippen molar-refractivity contribution in [1.82, 2.24) is 10.2 Å². The van der Waals surface area contributed by atoms with Crippen LogP contribution in [0.4, 0.5) is 0 Å². The van der Waals surface area contributed by atoms with Gasteiger partial charge >= 0.3 is 0 Å². The number of nitrogens with one attached hydrogen (secondary N) is 1. The molecule has 1 aliphatic heterocycles.